The van der Waals surface area contributed by atoms with Crippen LogP contribution in [0.1, 0.15) is 16.7 Å². The van der Waals surface area contributed by atoms with Gasteiger partial charge in [-0.15, -0.1) is 0 Å². The Bertz CT molecular complexity index is 797. The van der Waals surface area contributed by atoms with Gasteiger partial charge in [-0.05, 0) is 24.6 Å². The Morgan fingerprint density at radius 1 is 0.857 bits per heavy atom. The highest BCUT2D eigenvalue weighted by molar-refractivity contribution is 5.86. The van der Waals surface area contributed by atoms with Crippen LogP contribution in [-0.4, -0.2) is 63.6 Å². The maximum absolute atomic E-state index is 5.52. The first kappa shape index (κ1) is 20.0. The predicted molar refractivity (Wildman–Crippen MR) is 112 cm³/mol. The molecule has 0 unspecified atom stereocenters. The van der Waals surface area contributed by atoms with Gasteiger partial charge < -0.3 is 14.2 Å². The zero-order valence-electron chi connectivity index (χ0n) is 17.1. The van der Waals surface area contributed by atoms with Gasteiger partial charge in [0.25, 0.3) is 0 Å². The molecule has 2 aromatic rings. The topological polar surface area (TPSA) is 46.5 Å². The van der Waals surface area contributed by atoms with E-state index in [4.69, 9.17) is 14.2 Å². The minimum atomic E-state index is 0.580. The van der Waals surface area contributed by atoms with Crippen LogP contribution >= 0.6 is 0 Å². The summed E-state index contributed by atoms with van der Waals surface area (Å²) in [6, 6.07) is 12.6. The maximum atomic E-state index is 5.52. The predicted octanol–water partition coefficient (Wildman–Crippen LogP) is 3.17. The largest absolute Gasteiger partial charge is 0.493 e. The summed E-state index contributed by atoms with van der Waals surface area (Å²) in [6.07, 6.45) is 1.83. The SMILES string of the molecule is COc1ccc(/C=N/N2CCN(Cc3ccc(C)cc3)CC2)c(OC)c1OC. The second-order valence-electron chi connectivity index (χ2n) is 6.88. The van der Waals surface area contributed by atoms with E-state index in [1.54, 1.807) is 21.3 Å². The fourth-order valence-electron chi connectivity index (χ4n) is 3.33. The molecule has 3 rings (SSSR count). The lowest BCUT2D eigenvalue weighted by Crippen LogP contribution is -2.43. The number of rotatable bonds is 7. The first-order valence-electron chi connectivity index (χ1n) is 9.50. The summed E-state index contributed by atoms with van der Waals surface area (Å²) in [5, 5.41) is 6.75. The van der Waals surface area contributed by atoms with E-state index in [2.05, 4.69) is 46.2 Å². The van der Waals surface area contributed by atoms with Crippen LogP contribution in [0.25, 0.3) is 0 Å². The number of hydrogen-bond donors (Lipinski definition) is 0. The Kier molecular flexibility index (Phi) is 6.76. The zero-order chi connectivity index (χ0) is 19.9. The monoisotopic (exact) mass is 383 g/mol. The molecule has 1 fully saturated rings. The van der Waals surface area contributed by atoms with Gasteiger partial charge in [-0.3, -0.25) is 9.91 Å². The highest BCUT2D eigenvalue weighted by Crippen LogP contribution is 2.39. The summed E-state index contributed by atoms with van der Waals surface area (Å²) in [5.74, 6) is 1.85. The lowest BCUT2D eigenvalue weighted by atomic mass is 10.1. The van der Waals surface area contributed by atoms with Gasteiger partial charge >= 0.3 is 0 Å². The van der Waals surface area contributed by atoms with Gasteiger partial charge in [-0.1, -0.05) is 29.8 Å². The average Bonchev–Trinajstić information content (AvgIpc) is 2.74. The van der Waals surface area contributed by atoms with Crippen LogP contribution in [0, 0.1) is 6.92 Å². The molecule has 0 bridgehead atoms. The second kappa shape index (κ2) is 9.46. The molecule has 6 nitrogen and oxygen atoms in total. The summed E-state index contributed by atoms with van der Waals surface area (Å²) in [6.45, 7) is 6.90. The van der Waals surface area contributed by atoms with E-state index in [9.17, 15) is 0 Å². The number of hydrazone groups is 1. The van der Waals surface area contributed by atoms with Crippen molar-refractivity contribution in [3.05, 3.63) is 53.1 Å². The third kappa shape index (κ3) is 4.75. The quantitative estimate of drug-likeness (QED) is 0.688. The molecule has 0 aromatic heterocycles. The Labute approximate surface area is 167 Å². The number of benzene rings is 2. The smallest absolute Gasteiger partial charge is 0.203 e. The van der Waals surface area contributed by atoms with E-state index < -0.39 is 0 Å². The van der Waals surface area contributed by atoms with Crippen LogP contribution in [0.5, 0.6) is 17.2 Å². The molecule has 2 aromatic carbocycles. The number of nitrogens with zero attached hydrogens (tertiary/aromatic N) is 3. The Morgan fingerprint density at radius 2 is 1.54 bits per heavy atom. The highest BCUT2D eigenvalue weighted by atomic mass is 16.5. The van der Waals surface area contributed by atoms with Gasteiger partial charge in [0.2, 0.25) is 5.75 Å². The Balaban J connectivity index is 1.60. The van der Waals surface area contributed by atoms with E-state index in [0.717, 1.165) is 38.3 Å². The van der Waals surface area contributed by atoms with Crippen LogP contribution in [0.3, 0.4) is 0 Å². The van der Waals surface area contributed by atoms with E-state index in [1.807, 2.05) is 18.3 Å². The second-order valence-corrected chi connectivity index (χ2v) is 6.88. The summed E-state index contributed by atoms with van der Waals surface area (Å²) in [5.41, 5.74) is 3.52. The van der Waals surface area contributed by atoms with Crippen molar-refractivity contribution in [3.8, 4) is 17.2 Å². The van der Waals surface area contributed by atoms with Crippen molar-refractivity contribution < 1.29 is 14.2 Å². The van der Waals surface area contributed by atoms with Crippen molar-refractivity contribution in [2.45, 2.75) is 13.5 Å². The van der Waals surface area contributed by atoms with Gasteiger partial charge in [0.1, 0.15) is 0 Å². The summed E-state index contributed by atoms with van der Waals surface area (Å²) in [4.78, 5) is 2.47. The number of methoxy groups -OCH3 is 3. The molecule has 1 aliphatic heterocycles. The van der Waals surface area contributed by atoms with Crippen molar-refractivity contribution in [1.82, 2.24) is 9.91 Å². The van der Waals surface area contributed by atoms with Crippen LogP contribution < -0.4 is 14.2 Å². The highest BCUT2D eigenvalue weighted by Gasteiger charge is 2.17. The van der Waals surface area contributed by atoms with Crippen LogP contribution in [0.2, 0.25) is 0 Å². The number of piperazine rings is 1. The van der Waals surface area contributed by atoms with Crippen LogP contribution in [0.15, 0.2) is 41.5 Å². The molecular formula is C22H29N3O3. The molecule has 6 heteroatoms. The van der Waals surface area contributed by atoms with Crippen LogP contribution in [-0.2, 0) is 6.54 Å². The van der Waals surface area contributed by atoms with E-state index >= 15 is 0 Å². The van der Waals surface area contributed by atoms with Gasteiger partial charge in [0.05, 0.1) is 27.5 Å². The van der Waals surface area contributed by atoms with E-state index in [1.165, 1.54) is 11.1 Å². The molecule has 150 valence electrons. The number of ether oxygens (including phenoxy) is 3. The molecule has 0 atom stereocenters. The van der Waals surface area contributed by atoms with Gasteiger partial charge in [-0.2, -0.15) is 5.10 Å². The van der Waals surface area contributed by atoms with Gasteiger partial charge in [0.15, 0.2) is 11.5 Å². The molecule has 0 N–H and O–H groups in total. The fraction of sp³-hybridized carbons (Fsp3) is 0.409. The van der Waals surface area contributed by atoms with Gasteiger partial charge in [0, 0.05) is 38.3 Å². The van der Waals surface area contributed by atoms with Crippen molar-refractivity contribution >= 4 is 6.21 Å². The fourth-order valence-corrected chi connectivity index (χ4v) is 3.33. The molecule has 28 heavy (non-hydrogen) atoms. The van der Waals surface area contributed by atoms with Crippen molar-refractivity contribution in [2.24, 2.45) is 5.10 Å². The summed E-state index contributed by atoms with van der Waals surface area (Å²) in [7, 11) is 4.84. The van der Waals surface area contributed by atoms with Crippen molar-refractivity contribution in [3.63, 3.8) is 0 Å². The molecule has 0 aliphatic carbocycles. The normalized spacial score (nSPS) is 15.1. The maximum Gasteiger partial charge on any atom is 0.203 e. The molecule has 0 saturated carbocycles. The molecular weight excluding hydrogens is 354 g/mol. The standard InChI is InChI=1S/C22H29N3O3/c1-17-5-7-18(8-6-17)16-24-11-13-25(14-12-24)23-15-19-9-10-20(26-2)22(28-4)21(19)27-3/h5-10,15H,11-14,16H2,1-4H3/b23-15+. The van der Waals surface area contributed by atoms with E-state index in [0.29, 0.717) is 17.2 Å². The molecule has 0 amide bonds. The Hall–Kier alpha value is -2.73. The molecule has 1 heterocycles. The first-order valence-corrected chi connectivity index (χ1v) is 9.50. The molecule has 1 aliphatic rings. The average molecular weight is 383 g/mol. The Morgan fingerprint density at radius 3 is 2.14 bits per heavy atom. The van der Waals surface area contributed by atoms with Crippen molar-refractivity contribution in [1.29, 1.82) is 0 Å². The summed E-state index contributed by atoms with van der Waals surface area (Å²) < 4.78 is 16.3. The minimum absolute atomic E-state index is 0.580. The minimum Gasteiger partial charge on any atom is -0.493 e. The number of hydrogen-bond acceptors (Lipinski definition) is 6. The third-order valence-electron chi connectivity index (χ3n) is 4.97. The molecule has 1 saturated heterocycles. The third-order valence-corrected chi connectivity index (χ3v) is 4.97. The zero-order valence-corrected chi connectivity index (χ0v) is 17.1. The van der Waals surface area contributed by atoms with Crippen LogP contribution in [0.4, 0.5) is 0 Å². The molecule has 0 radical (unpaired) electrons. The van der Waals surface area contributed by atoms with Crippen molar-refractivity contribution in [2.75, 3.05) is 47.5 Å². The summed E-state index contributed by atoms with van der Waals surface area (Å²) >= 11 is 0. The molecule has 0 spiro atoms. The van der Waals surface area contributed by atoms with E-state index in [-0.39, 0.29) is 0 Å². The van der Waals surface area contributed by atoms with Gasteiger partial charge in [-0.25, -0.2) is 0 Å². The lowest BCUT2D eigenvalue weighted by molar-refractivity contribution is 0.131. The number of aryl methyl sites for hydroxylation is 1. The lowest BCUT2D eigenvalue weighted by Gasteiger charge is -2.33. The first-order chi connectivity index (χ1) is 13.6.